The average molecular weight is 665 g/mol. The molecular weight excluding hydrogens is 625 g/mol. The molecule has 10 nitrogen and oxygen atoms in total. The summed E-state index contributed by atoms with van der Waals surface area (Å²) in [6.45, 7) is 11.4. The van der Waals surface area contributed by atoms with Crippen molar-refractivity contribution in [2.75, 3.05) is 11.3 Å². The van der Waals surface area contributed by atoms with E-state index < -0.39 is 28.0 Å². The van der Waals surface area contributed by atoms with Crippen molar-refractivity contribution in [2.24, 2.45) is 5.41 Å². The highest BCUT2D eigenvalue weighted by Gasteiger charge is 2.49. The highest BCUT2D eigenvalue weighted by molar-refractivity contribution is 7.92. The molecule has 1 aliphatic carbocycles. The van der Waals surface area contributed by atoms with Gasteiger partial charge in [0.15, 0.2) is 0 Å². The van der Waals surface area contributed by atoms with Crippen LogP contribution in [-0.4, -0.2) is 60.1 Å². The molecule has 0 amide bonds. The Morgan fingerprint density at radius 3 is 2.28 bits per heavy atom. The van der Waals surface area contributed by atoms with Gasteiger partial charge in [-0.2, -0.15) is 4.98 Å². The van der Waals surface area contributed by atoms with Crippen LogP contribution in [0, 0.1) is 19.3 Å². The maximum absolute atomic E-state index is 13.3. The third-order valence-electron chi connectivity index (χ3n) is 7.54. The molecule has 1 aliphatic rings. The van der Waals surface area contributed by atoms with Crippen LogP contribution in [0.5, 0.6) is 5.88 Å². The lowest BCUT2D eigenvalue weighted by atomic mass is 9.76. The fourth-order valence-electron chi connectivity index (χ4n) is 5.75. The minimum Gasteiger partial charge on any atom is -0.478 e. The molecule has 0 aliphatic heterocycles. The summed E-state index contributed by atoms with van der Waals surface area (Å²) in [5.41, 5.74) is 1.26. The van der Waals surface area contributed by atoms with Crippen molar-refractivity contribution in [1.29, 1.82) is 0 Å². The van der Waals surface area contributed by atoms with Gasteiger partial charge in [0, 0.05) is 23.7 Å². The summed E-state index contributed by atoms with van der Waals surface area (Å²) in [5.74, 6) is -1.49. The summed E-state index contributed by atoms with van der Waals surface area (Å²) in [4.78, 5) is 19.9. The molecule has 14 heteroatoms. The molecule has 1 atom stereocenters. The number of benzene rings is 2. The normalized spacial score (nSPS) is 19.3. The number of ether oxygens (including phenoxy) is 2. The first-order chi connectivity index (χ1) is 21.2. The highest BCUT2D eigenvalue weighted by Crippen LogP contribution is 2.41. The largest absolute Gasteiger partial charge is 0.523 e. The van der Waals surface area contributed by atoms with Gasteiger partial charge in [0.1, 0.15) is 6.61 Å². The lowest BCUT2D eigenvalue weighted by molar-refractivity contribution is -0.377. The standard InChI is InChI=1S/C32H39F3N4O6S/c1-19-9-7-10-20(2)27(19)25-14-26(38-29(37-25)39-46(42,43)24-12-8-11-21(13-24)28(40)41)44-18-23(15-30(3,4)5)36-22-16-31(6,17-22)45-32(33,34)35/h7-14,22-23,36H,15-18H2,1-6H3,(H,40,41)(H,37,38,39). The minimum absolute atomic E-state index is 0.0733. The zero-order valence-electron chi connectivity index (χ0n) is 26.5. The number of rotatable bonds is 12. The molecule has 250 valence electrons. The number of carboxylic acids is 1. The molecule has 1 saturated carbocycles. The van der Waals surface area contributed by atoms with Gasteiger partial charge < -0.3 is 15.2 Å². The fraction of sp³-hybridized carbons (Fsp3) is 0.469. The van der Waals surface area contributed by atoms with Crippen molar-refractivity contribution in [1.82, 2.24) is 15.3 Å². The summed E-state index contributed by atoms with van der Waals surface area (Å²) in [7, 11) is -4.29. The SMILES string of the molecule is Cc1cccc(C)c1-c1cc(OCC(CC(C)(C)C)NC2CC(C)(OC(F)(F)F)C2)nc(NS(=O)(=O)c2cccc(C(=O)O)c2)n1. The van der Waals surface area contributed by atoms with Crippen molar-refractivity contribution in [2.45, 2.75) is 89.7 Å². The number of anilines is 1. The first-order valence-corrected chi connectivity index (χ1v) is 16.2. The lowest BCUT2D eigenvalue weighted by Crippen LogP contribution is -2.58. The molecule has 0 saturated heterocycles. The summed E-state index contributed by atoms with van der Waals surface area (Å²) in [5, 5.41) is 12.7. The smallest absolute Gasteiger partial charge is 0.478 e. The van der Waals surface area contributed by atoms with Gasteiger partial charge in [-0.3, -0.25) is 4.74 Å². The van der Waals surface area contributed by atoms with E-state index in [1.165, 1.54) is 25.1 Å². The molecule has 2 aromatic carbocycles. The fourth-order valence-corrected chi connectivity index (χ4v) is 6.74. The molecule has 0 bridgehead atoms. The van der Waals surface area contributed by atoms with E-state index in [4.69, 9.17) is 4.74 Å². The van der Waals surface area contributed by atoms with Crippen LogP contribution in [-0.2, 0) is 14.8 Å². The number of aromatic nitrogens is 2. The van der Waals surface area contributed by atoms with Gasteiger partial charge in [0.05, 0.1) is 21.8 Å². The van der Waals surface area contributed by atoms with Gasteiger partial charge >= 0.3 is 12.3 Å². The van der Waals surface area contributed by atoms with Crippen LogP contribution >= 0.6 is 0 Å². The van der Waals surface area contributed by atoms with Gasteiger partial charge in [-0.25, -0.2) is 22.9 Å². The van der Waals surface area contributed by atoms with E-state index in [1.54, 1.807) is 6.07 Å². The number of hydrogen-bond donors (Lipinski definition) is 3. The monoisotopic (exact) mass is 664 g/mol. The number of nitrogens with one attached hydrogen (secondary N) is 2. The van der Waals surface area contributed by atoms with E-state index in [1.807, 2.05) is 52.8 Å². The van der Waals surface area contributed by atoms with Crippen LogP contribution in [0.1, 0.15) is 68.4 Å². The van der Waals surface area contributed by atoms with Gasteiger partial charge in [0.2, 0.25) is 11.8 Å². The van der Waals surface area contributed by atoms with Gasteiger partial charge in [-0.15, -0.1) is 13.2 Å². The molecule has 4 rings (SSSR count). The molecule has 0 spiro atoms. The van der Waals surface area contributed by atoms with Crippen LogP contribution in [0.25, 0.3) is 11.3 Å². The molecule has 0 radical (unpaired) electrons. The van der Waals surface area contributed by atoms with Crippen molar-refractivity contribution in [3.8, 4) is 17.1 Å². The summed E-state index contributed by atoms with van der Waals surface area (Å²) in [6, 6.07) is 11.7. The highest BCUT2D eigenvalue weighted by atomic mass is 32.2. The summed E-state index contributed by atoms with van der Waals surface area (Å²) < 4.78 is 77.9. The number of sulfonamides is 1. The Bertz CT molecular complexity index is 1670. The summed E-state index contributed by atoms with van der Waals surface area (Å²) in [6.07, 6.45) is -3.75. The van der Waals surface area contributed by atoms with Crippen molar-refractivity contribution >= 4 is 21.9 Å². The Morgan fingerprint density at radius 1 is 1.07 bits per heavy atom. The second kappa shape index (κ2) is 13.2. The molecule has 1 fully saturated rings. The third kappa shape index (κ3) is 9.39. The number of hydrogen-bond acceptors (Lipinski definition) is 8. The van der Waals surface area contributed by atoms with Gasteiger partial charge in [0.25, 0.3) is 10.0 Å². The molecule has 1 aromatic heterocycles. The Hall–Kier alpha value is -3.75. The first kappa shape index (κ1) is 35.1. The predicted molar refractivity (Wildman–Crippen MR) is 166 cm³/mol. The van der Waals surface area contributed by atoms with E-state index in [-0.39, 0.29) is 59.2 Å². The van der Waals surface area contributed by atoms with Crippen LogP contribution in [0.2, 0.25) is 0 Å². The molecule has 46 heavy (non-hydrogen) atoms. The average Bonchev–Trinajstić information content (AvgIpc) is 2.89. The molecular formula is C32H39F3N4O6S. The van der Waals surface area contributed by atoms with Crippen LogP contribution < -0.4 is 14.8 Å². The zero-order chi connectivity index (χ0) is 34.1. The maximum Gasteiger partial charge on any atom is 0.523 e. The van der Waals surface area contributed by atoms with Gasteiger partial charge in [-0.05, 0) is 74.8 Å². The third-order valence-corrected chi connectivity index (χ3v) is 8.86. The van der Waals surface area contributed by atoms with Crippen LogP contribution in [0.3, 0.4) is 0 Å². The molecule has 3 N–H and O–H groups in total. The molecule has 1 heterocycles. The van der Waals surface area contributed by atoms with E-state index >= 15 is 0 Å². The maximum atomic E-state index is 13.3. The Labute approximate surface area is 266 Å². The predicted octanol–water partition coefficient (Wildman–Crippen LogP) is 6.49. The van der Waals surface area contributed by atoms with Crippen molar-refractivity contribution < 1.29 is 41.0 Å². The number of aromatic carboxylic acids is 1. The lowest BCUT2D eigenvalue weighted by Gasteiger charge is -2.46. The van der Waals surface area contributed by atoms with E-state index in [9.17, 15) is 31.5 Å². The van der Waals surface area contributed by atoms with Crippen molar-refractivity contribution in [3.05, 3.63) is 65.2 Å². The Kier molecular flexibility index (Phi) is 10.0. The summed E-state index contributed by atoms with van der Waals surface area (Å²) >= 11 is 0. The van der Waals surface area contributed by atoms with E-state index in [0.717, 1.165) is 22.8 Å². The second-order valence-corrected chi connectivity index (χ2v) is 14.8. The quantitative estimate of drug-likeness (QED) is 0.198. The topological polar surface area (TPSA) is 140 Å². The van der Waals surface area contributed by atoms with E-state index in [0.29, 0.717) is 12.1 Å². The molecule has 1 unspecified atom stereocenters. The number of carbonyl (C=O) groups is 1. The number of aryl methyl sites for hydroxylation is 2. The first-order valence-electron chi connectivity index (χ1n) is 14.7. The zero-order valence-corrected chi connectivity index (χ0v) is 27.3. The number of nitrogens with zero attached hydrogens (tertiary/aromatic N) is 2. The number of carboxylic acid groups (broad SMARTS) is 1. The van der Waals surface area contributed by atoms with Crippen LogP contribution in [0.4, 0.5) is 19.1 Å². The minimum atomic E-state index is -4.72. The second-order valence-electron chi connectivity index (χ2n) is 13.2. The number of halogens is 3. The van der Waals surface area contributed by atoms with Gasteiger partial charge in [-0.1, -0.05) is 45.0 Å². The van der Waals surface area contributed by atoms with Crippen LogP contribution in [0.15, 0.2) is 53.4 Å². The van der Waals surface area contributed by atoms with E-state index in [2.05, 4.69) is 24.7 Å². The Balaban J connectivity index is 1.62. The van der Waals surface area contributed by atoms with Crippen molar-refractivity contribution in [3.63, 3.8) is 0 Å². The number of alkyl halides is 3. The Morgan fingerprint density at radius 2 is 1.70 bits per heavy atom. The molecule has 3 aromatic rings.